The van der Waals surface area contributed by atoms with E-state index >= 15 is 0 Å². The number of halogens is 3. The van der Waals surface area contributed by atoms with Crippen LogP contribution in [0.15, 0.2) is 41.1 Å². The van der Waals surface area contributed by atoms with E-state index in [4.69, 9.17) is 10.8 Å². The highest BCUT2D eigenvalue weighted by Crippen LogP contribution is 2.45. The average molecular weight is 475 g/mol. The predicted octanol–water partition coefficient (Wildman–Crippen LogP) is 4.86. The molecule has 3 N–H and O–H groups in total. The Bertz CT molecular complexity index is 1180. The topological polar surface area (TPSA) is 106 Å². The van der Waals surface area contributed by atoms with Crippen molar-refractivity contribution in [2.45, 2.75) is 31.3 Å². The fraction of sp³-hybridized carbons (Fsp3) is 0.318. The first-order chi connectivity index (χ1) is 15.6. The van der Waals surface area contributed by atoms with Crippen molar-refractivity contribution in [2.24, 2.45) is 5.92 Å². The summed E-state index contributed by atoms with van der Waals surface area (Å²) < 4.78 is 38.2. The largest absolute Gasteiger partial charge is 0.416 e. The van der Waals surface area contributed by atoms with E-state index in [0.717, 1.165) is 17.0 Å². The van der Waals surface area contributed by atoms with Gasteiger partial charge in [0.25, 0.3) is 0 Å². The highest BCUT2D eigenvalue weighted by atomic mass is 32.2. The van der Waals surface area contributed by atoms with E-state index in [1.807, 2.05) is 4.90 Å². The quantitative estimate of drug-likeness (QED) is 0.549. The van der Waals surface area contributed by atoms with Gasteiger partial charge < -0.3 is 15.6 Å². The summed E-state index contributed by atoms with van der Waals surface area (Å²) in [5.74, 6) is 0.0218. The summed E-state index contributed by atoms with van der Waals surface area (Å²) >= 11 is 1.24. The first-order valence-corrected chi connectivity index (χ1v) is 11.0. The van der Waals surface area contributed by atoms with Gasteiger partial charge in [-0.15, -0.1) is 0 Å². The van der Waals surface area contributed by atoms with Gasteiger partial charge in [0.05, 0.1) is 22.1 Å². The molecule has 2 aromatic rings. The van der Waals surface area contributed by atoms with Gasteiger partial charge in [0.2, 0.25) is 5.91 Å². The van der Waals surface area contributed by atoms with Crippen LogP contribution in [0.25, 0.3) is 5.57 Å². The van der Waals surface area contributed by atoms with Crippen molar-refractivity contribution >= 4 is 45.5 Å². The van der Waals surface area contributed by atoms with Gasteiger partial charge in [-0.25, -0.2) is 9.97 Å². The molecule has 1 atom stereocenters. The lowest BCUT2D eigenvalue weighted by atomic mass is 10.0. The minimum atomic E-state index is -4.42. The van der Waals surface area contributed by atoms with Crippen LogP contribution in [-0.4, -0.2) is 39.7 Å². The van der Waals surface area contributed by atoms with E-state index in [1.54, 1.807) is 13.8 Å². The average Bonchev–Trinajstić information content (AvgIpc) is 3.37. The number of carbonyl (C=O) groups excluding carboxylic acids is 1. The highest BCUT2D eigenvalue weighted by Gasteiger charge is 2.35. The van der Waals surface area contributed by atoms with Crippen molar-refractivity contribution in [3.63, 3.8) is 0 Å². The summed E-state index contributed by atoms with van der Waals surface area (Å²) in [6.07, 6.45) is -2.43. The van der Waals surface area contributed by atoms with Crippen molar-refractivity contribution < 1.29 is 18.0 Å². The van der Waals surface area contributed by atoms with E-state index in [9.17, 15) is 18.0 Å². The molecule has 0 spiro atoms. The van der Waals surface area contributed by atoms with Crippen LogP contribution in [0, 0.1) is 16.7 Å². The number of anilines is 2. The Hall–Kier alpha value is -3.21. The Morgan fingerprint density at radius 3 is 2.55 bits per heavy atom. The molecular formula is C22H21F3N6OS. The molecule has 172 valence electrons. The van der Waals surface area contributed by atoms with Crippen LogP contribution in [-0.2, 0) is 11.0 Å². The van der Waals surface area contributed by atoms with Crippen molar-refractivity contribution in [1.29, 1.82) is 10.8 Å². The molecule has 0 aliphatic carbocycles. The minimum Gasteiger partial charge on any atom is -0.355 e. The molecule has 1 aromatic heterocycles. The molecule has 2 aliphatic rings. The van der Waals surface area contributed by atoms with Crippen LogP contribution in [0.4, 0.5) is 24.7 Å². The Labute approximate surface area is 192 Å². The maximum Gasteiger partial charge on any atom is 0.416 e. The Morgan fingerprint density at radius 2 is 1.91 bits per heavy atom. The molecule has 4 rings (SSSR count). The number of fused-ring (bicyclic) bond motifs is 1. The fourth-order valence-electron chi connectivity index (χ4n) is 3.81. The van der Waals surface area contributed by atoms with Gasteiger partial charge in [-0.1, -0.05) is 11.8 Å². The van der Waals surface area contributed by atoms with Crippen LogP contribution in [0.5, 0.6) is 0 Å². The van der Waals surface area contributed by atoms with Gasteiger partial charge in [-0.05, 0) is 50.1 Å². The van der Waals surface area contributed by atoms with Crippen LogP contribution in [0.3, 0.4) is 0 Å². The zero-order chi connectivity index (χ0) is 23.9. The number of carbonyl (C=O) groups is 1. The summed E-state index contributed by atoms with van der Waals surface area (Å²) in [6.45, 7) is 4.43. The lowest BCUT2D eigenvalue weighted by Crippen LogP contribution is -2.27. The van der Waals surface area contributed by atoms with Gasteiger partial charge in [0, 0.05) is 30.1 Å². The van der Waals surface area contributed by atoms with Gasteiger partial charge in [0.1, 0.15) is 17.2 Å². The number of nitrogens with one attached hydrogen (secondary N) is 3. The molecule has 0 saturated carbocycles. The number of thioether (sulfide) groups is 1. The molecular weight excluding hydrogens is 453 g/mol. The number of aromatic nitrogens is 2. The maximum atomic E-state index is 12.7. The molecule has 3 heterocycles. The second-order valence-corrected chi connectivity index (χ2v) is 8.95. The molecule has 1 saturated heterocycles. The van der Waals surface area contributed by atoms with E-state index < -0.39 is 11.7 Å². The van der Waals surface area contributed by atoms with Crippen LogP contribution in [0.1, 0.15) is 31.5 Å². The molecule has 1 aromatic carbocycles. The smallest absolute Gasteiger partial charge is 0.355 e. The van der Waals surface area contributed by atoms with Gasteiger partial charge in [0.15, 0.2) is 0 Å². The van der Waals surface area contributed by atoms with Crippen molar-refractivity contribution in [1.82, 2.24) is 9.97 Å². The molecule has 7 nitrogen and oxygen atoms in total. The lowest BCUT2D eigenvalue weighted by molar-refractivity contribution is -0.137. The third-order valence-electron chi connectivity index (χ3n) is 5.73. The number of allylic oxidation sites excluding steroid dienone is 1. The molecule has 11 heteroatoms. The Kier molecular flexibility index (Phi) is 6.00. The van der Waals surface area contributed by atoms with E-state index in [0.29, 0.717) is 58.6 Å². The van der Waals surface area contributed by atoms with Gasteiger partial charge >= 0.3 is 6.18 Å². The lowest BCUT2D eigenvalue weighted by Gasteiger charge is -2.19. The van der Waals surface area contributed by atoms with Crippen LogP contribution in [0.2, 0.25) is 0 Å². The molecule has 0 bridgehead atoms. The first-order valence-electron chi connectivity index (χ1n) is 10.2. The first kappa shape index (κ1) is 23.0. The molecule has 1 amide bonds. The van der Waals surface area contributed by atoms with E-state index in [1.165, 1.54) is 30.2 Å². The third-order valence-corrected chi connectivity index (χ3v) is 6.72. The van der Waals surface area contributed by atoms with Crippen LogP contribution >= 0.6 is 11.8 Å². The van der Waals surface area contributed by atoms with Crippen LogP contribution < -0.4 is 10.2 Å². The molecule has 2 aliphatic heterocycles. The number of amides is 1. The highest BCUT2D eigenvalue weighted by molar-refractivity contribution is 8.15. The summed E-state index contributed by atoms with van der Waals surface area (Å²) in [6, 6.07) is 4.37. The number of hydrogen-bond donors (Lipinski definition) is 3. The third kappa shape index (κ3) is 4.50. The second kappa shape index (κ2) is 8.62. The molecule has 0 radical (unpaired) electrons. The zero-order valence-electron chi connectivity index (χ0n) is 17.9. The predicted molar refractivity (Wildman–Crippen MR) is 122 cm³/mol. The molecule has 1 fully saturated rings. The number of nitrogens with zero attached hydrogens (tertiary/aromatic N) is 3. The number of rotatable bonds is 4. The van der Waals surface area contributed by atoms with Gasteiger partial charge in [-0.3, -0.25) is 10.2 Å². The standard InChI is InChI=1S/C22H21F3N6OS/c1-11(12(2)26)16-17-18(33-19(16)27)20(29-10-28-17)31-8-7-13(9-31)21(32)30-15-5-3-14(4-6-15)22(23,24)25/h3-6,10,13,26-27H,7-9H2,1-2H3,(H,30,32)/b16-11-,26-12?,27-19?. The molecule has 33 heavy (non-hydrogen) atoms. The number of alkyl halides is 3. The summed E-state index contributed by atoms with van der Waals surface area (Å²) in [5, 5.41) is 19.3. The van der Waals surface area contributed by atoms with E-state index in [2.05, 4.69) is 15.3 Å². The monoisotopic (exact) mass is 474 g/mol. The van der Waals surface area contributed by atoms with Crippen molar-refractivity contribution in [3.8, 4) is 0 Å². The van der Waals surface area contributed by atoms with Gasteiger partial charge in [-0.2, -0.15) is 13.2 Å². The number of hydrogen-bond acceptors (Lipinski definition) is 7. The Balaban J connectivity index is 1.49. The summed E-state index contributed by atoms with van der Waals surface area (Å²) in [4.78, 5) is 24.2. The zero-order valence-corrected chi connectivity index (χ0v) is 18.7. The summed E-state index contributed by atoms with van der Waals surface area (Å²) in [5.41, 5.74) is 1.84. The van der Waals surface area contributed by atoms with E-state index in [-0.39, 0.29) is 11.8 Å². The summed E-state index contributed by atoms with van der Waals surface area (Å²) in [7, 11) is 0. The van der Waals surface area contributed by atoms with Crippen molar-refractivity contribution in [3.05, 3.63) is 47.4 Å². The number of benzene rings is 1. The Morgan fingerprint density at radius 1 is 1.21 bits per heavy atom. The molecule has 1 unspecified atom stereocenters. The second-order valence-electron chi connectivity index (χ2n) is 7.93. The fourth-order valence-corrected chi connectivity index (χ4v) is 4.89. The maximum absolute atomic E-state index is 12.7. The SMILES string of the molecule is CC(=N)/C(C)=C1\C(=N)Sc2c1ncnc2N1CCC(C(=O)Nc2ccc(C(F)(F)F)cc2)C1. The normalized spacial score (nSPS) is 19.5. The van der Waals surface area contributed by atoms with Crippen molar-refractivity contribution in [2.75, 3.05) is 23.3 Å². The minimum absolute atomic E-state index is 0.265.